The molecule has 0 amide bonds. The lowest BCUT2D eigenvalue weighted by atomic mass is 9.99. The van der Waals surface area contributed by atoms with Gasteiger partial charge in [-0.15, -0.1) is 0 Å². The Morgan fingerprint density at radius 2 is 0.807 bits per heavy atom. The second-order valence-corrected chi connectivity index (χ2v) is 32.2. The third-order valence-corrected chi connectivity index (χ3v) is 18.9. The van der Waals surface area contributed by atoms with Gasteiger partial charge in [-0.1, -0.05) is 173 Å². The first-order chi connectivity index (χ1) is 51.7. The van der Waals surface area contributed by atoms with Crippen molar-refractivity contribution in [2.75, 3.05) is 63.1 Å². The Kier molecular flexibility index (Phi) is 40.8. The van der Waals surface area contributed by atoms with Crippen molar-refractivity contribution < 1.29 is 9.47 Å². The molecule has 0 unspecified atom stereocenters. The summed E-state index contributed by atoms with van der Waals surface area (Å²) in [6.45, 7) is 53.8. The molecule has 9 aromatic heterocycles. The molecular formula is C94H141N13O2. The van der Waals surface area contributed by atoms with Gasteiger partial charge < -0.3 is 24.2 Å². The lowest BCUT2D eigenvalue weighted by Crippen LogP contribution is -2.31. The predicted molar refractivity (Wildman–Crippen MR) is 463 cm³/mol. The van der Waals surface area contributed by atoms with Gasteiger partial charge in [0.2, 0.25) is 11.8 Å². The minimum absolute atomic E-state index is 0.187. The molecule has 10 heterocycles. The van der Waals surface area contributed by atoms with Crippen LogP contribution in [-0.4, -0.2) is 104 Å². The monoisotopic (exact) mass is 1480 g/mol. The van der Waals surface area contributed by atoms with E-state index >= 15 is 0 Å². The Morgan fingerprint density at radius 1 is 0.367 bits per heavy atom. The van der Waals surface area contributed by atoms with Crippen molar-refractivity contribution >= 4 is 17.5 Å². The summed E-state index contributed by atoms with van der Waals surface area (Å²) in [5.41, 5.74) is 17.9. The molecule has 15 heteroatoms. The maximum Gasteiger partial charge on any atom is 0.217 e. The lowest BCUT2D eigenvalue weighted by Gasteiger charge is -2.30. The van der Waals surface area contributed by atoms with Crippen LogP contribution >= 0.6 is 0 Å². The SMILES string of the molecule is CC(C)Oc1ncccc1C(C)C.CC(C)c1ccc(C2CC2)nc1N(C)C.CC(C)c1cccnc1C1CC1.CC(C)c1cccnc1N(C)C.CC(C)c1cccnc1N1CCCCC1.COc1ccc(C(C)C)cn1.Cc1ncc(C(C)C)c(C)n1.Cc1ncccc1C(C)C.Cc1ncccc1C(C)C. The molecule has 1 saturated heterocycles. The predicted octanol–water partition coefficient (Wildman–Crippen LogP) is 24.1. The van der Waals surface area contributed by atoms with Gasteiger partial charge in [-0.25, -0.2) is 34.9 Å². The average molecular weight is 1490 g/mol. The summed E-state index contributed by atoms with van der Waals surface area (Å²) >= 11 is 0. The van der Waals surface area contributed by atoms with E-state index in [-0.39, 0.29) is 6.10 Å². The second kappa shape index (κ2) is 48.0. The highest BCUT2D eigenvalue weighted by atomic mass is 16.5. The summed E-state index contributed by atoms with van der Waals surface area (Å²) in [6.07, 6.45) is 24.4. The third-order valence-electron chi connectivity index (χ3n) is 18.9. The molecule has 12 rings (SSSR count). The van der Waals surface area contributed by atoms with Gasteiger partial charge in [0, 0.05) is 143 Å². The molecule has 0 aromatic carbocycles. The number of anilines is 3. The molecule has 109 heavy (non-hydrogen) atoms. The summed E-state index contributed by atoms with van der Waals surface area (Å²) in [5, 5.41) is 0. The summed E-state index contributed by atoms with van der Waals surface area (Å²) in [7, 11) is 9.82. The van der Waals surface area contributed by atoms with Gasteiger partial charge in [-0.2, -0.15) is 0 Å². The van der Waals surface area contributed by atoms with Crippen molar-refractivity contribution in [2.45, 2.75) is 282 Å². The average Bonchev–Trinajstić information content (AvgIpc) is 1.74. The molecule has 3 aliphatic rings. The topological polar surface area (TPSA) is 157 Å². The molecule has 2 saturated carbocycles. The number of aromatic nitrogens is 10. The molecule has 1 aliphatic heterocycles. The largest absolute Gasteiger partial charge is 0.481 e. The number of nitrogens with zero attached hydrogens (tertiary/aromatic N) is 13. The number of hydrogen-bond donors (Lipinski definition) is 0. The Hall–Kier alpha value is -8.72. The number of hydrogen-bond acceptors (Lipinski definition) is 15. The van der Waals surface area contributed by atoms with Crippen molar-refractivity contribution in [3.05, 3.63) is 231 Å². The van der Waals surface area contributed by atoms with E-state index in [9.17, 15) is 0 Å². The minimum Gasteiger partial charge on any atom is -0.481 e. The van der Waals surface area contributed by atoms with E-state index in [1.54, 1.807) is 13.3 Å². The maximum atomic E-state index is 5.60. The number of ether oxygens (including phenoxy) is 2. The number of methoxy groups -OCH3 is 1. The zero-order chi connectivity index (χ0) is 81.0. The van der Waals surface area contributed by atoms with E-state index in [1.807, 2.05) is 134 Å². The van der Waals surface area contributed by atoms with Crippen molar-refractivity contribution in [1.29, 1.82) is 0 Å². The highest BCUT2D eigenvalue weighted by Crippen LogP contribution is 2.42. The molecule has 15 nitrogen and oxygen atoms in total. The molecule has 0 atom stereocenters. The zero-order valence-corrected chi connectivity index (χ0v) is 72.8. The highest BCUT2D eigenvalue weighted by molar-refractivity contribution is 5.50. The van der Waals surface area contributed by atoms with Gasteiger partial charge in [-0.05, 0) is 227 Å². The first kappa shape index (κ1) is 92.7. The van der Waals surface area contributed by atoms with E-state index in [0.29, 0.717) is 59.1 Å². The molecule has 0 N–H and O–H groups in total. The van der Waals surface area contributed by atoms with Crippen molar-refractivity contribution in [3.63, 3.8) is 0 Å². The smallest absolute Gasteiger partial charge is 0.217 e. The summed E-state index contributed by atoms with van der Waals surface area (Å²) < 4.78 is 10.5. The number of piperidine rings is 1. The van der Waals surface area contributed by atoms with Gasteiger partial charge in [0.25, 0.3) is 0 Å². The highest BCUT2D eigenvalue weighted by Gasteiger charge is 2.28. The summed E-state index contributed by atoms with van der Waals surface area (Å²) in [4.78, 5) is 49.9. The standard InChI is InChI=1S/2C13H20N2.C11H17NO.C11H15N.C10H16N2.C9H14N2.C9H13NO.2C9H13N/c1-9(2)11-7-8-12(10-5-6-10)14-13(11)15(3)4;1-11(2)12-7-6-8-14-13(12)15-9-4-3-5-10-15;1-8(2)10-6-5-7-12-11(10)13-9(3)4;1-8(2)10-4-3-7-12-11(10)9-5-6-9;1-8(2)9-6-5-7-11-10(9)12(3)4;1-6(2)9-5-10-8(4)11-7(9)3;1-7(2)8-4-5-9(11-3)10-6-8;2*1-7(2)9-5-4-6-10-8(9)3/h7-10H,5-6H2,1-4H3;6-8,11H,3-5,9-10H2,1-2H3;5-9H,1-4H3;3-4,7-9H,5-6H2,1-2H3;5-8H,1-4H3;5-6H,1-4H3;4-7H,1-3H3;2*4-7H,1-3H3. The van der Waals surface area contributed by atoms with Crippen molar-refractivity contribution in [2.24, 2.45) is 0 Å². The maximum absolute atomic E-state index is 5.60. The van der Waals surface area contributed by atoms with E-state index in [0.717, 1.165) is 52.3 Å². The summed E-state index contributed by atoms with van der Waals surface area (Å²) in [5.74, 6) is 12.2. The van der Waals surface area contributed by atoms with Crippen LogP contribution in [0.1, 0.15) is 333 Å². The number of rotatable bonds is 17. The Balaban J connectivity index is 0.000000260. The number of aryl methyl sites for hydroxylation is 4. The van der Waals surface area contributed by atoms with Crippen LogP contribution in [0.4, 0.5) is 17.5 Å². The summed E-state index contributed by atoms with van der Waals surface area (Å²) in [6, 6.07) is 33.3. The van der Waals surface area contributed by atoms with Crippen LogP contribution in [0.15, 0.2) is 147 Å². The second-order valence-electron chi connectivity index (χ2n) is 32.2. The quantitative estimate of drug-likeness (QED) is 0.0847. The lowest BCUT2D eigenvalue weighted by molar-refractivity contribution is 0.229. The number of pyridine rings is 8. The molecule has 594 valence electrons. The van der Waals surface area contributed by atoms with Crippen LogP contribution in [-0.2, 0) is 0 Å². The molecule has 0 radical (unpaired) electrons. The third kappa shape index (κ3) is 32.8. The van der Waals surface area contributed by atoms with Gasteiger partial charge in [0.1, 0.15) is 23.3 Å². The minimum atomic E-state index is 0.187. The van der Waals surface area contributed by atoms with E-state index in [4.69, 9.17) is 14.5 Å². The molecule has 3 fully saturated rings. The molecule has 2 aliphatic carbocycles. The van der Waals surface area contributed by atoms with Gasteiger partial charge in [0.05, 0.1) is 13.2 Å². The first-order valence-electron chi connectivity index (χ1n) is 40.4. The van der Waals surface area contributed by atoms with E-state index < -0.39 is 0 Å². The fraction of sp³-hybridized carbons (Fsp3) is 0.532. The molecule has 0 bridgehead atoms. The fourth-order valence-electron chi connectivity index (χ4n) is 12.4. The molecule has 9 aromatic rings. The Labute approximate surface area is 661 Å². The van der Waals surface area contributed by atoms with Crippen LogP contribution in [0, 0.1) is 27.7 Å². The van der Waals surface area contributed by atoms with Crippen LogP contribution in [0.25, 0.3) is 0 Å². The normalized spacial score (nSPS) is 12.9. The zero-order valence-electron chi connectivity index (χ0n) is 72.8. The van der Waals surface area contributed by atoms with E-state index in [1.165, 1.54) is 125 Å². The van der Waals surface area contributed by atoms with Gasteiger partial charge in [-0.3, -0.25) is 15.0 Å². The van der Waals surface area contributed by atoms with Crippen LogP contribution in [0.5, 0.6) is 11.8 Å². The van der Waals surface area contributed by atoms with Crippen LogP contribution in [0.3, 0.4) is 0 Å². The van der Waals surface area contributed by atoms with Gasteiger partial charge >= 0.3 is 0 Å². The van der Waals surface area contributed by atoms with Crippen molar-refractivity contribution in [3.8, 4) is 11.8 Å². The Morgan fingerprint density at radius 3 is 1.22 bits per heavy atom. The van der Waals surface area contributed by atoms with Crippen LogP contribution in [0.2, 0.25) is 0 Å². The molecular weight excluding hydrogens is 1340 g/mol. The van der Waals surface area contributed by atoms with Crippen LogP contribution < -0.4 is 24.2 Å². The van der Waals surface area contributed by atoms with E-state index in [2.05, 4.69) is 261 Å². The van der Waals surface area contributed by atoms with Crippen molar-refractivity contribution in [1.82, 2.24) is 49.8 Å². The first-order valence-corrected chi connectivity index (χ1v) is 40.4. The fourth-order valence-corrected chi connectivity index (χ4v) is 12.4. The Bertz CT molecular complexity index is 3850. The van der Waals surface area contributed by atoms with Gasteiger partial charge in [0.15, 0.2) is 0 Å². The molecule has 0 spiro atoms.